The van der Waals surface area contributed by atoms with E-state index in [0.717, 1.165) is 32.1 Å². The zero-order valence-electron chi connectivity index (χ0n) is 28.5. The molecule has 1 aliphatic carbocycles. The van der Waals surface area contributed by atoms with Gasteiger partial charge < -0.3 is 9.47 Å². The monoisotopic (exact) mass is 593 g/mol. The van der Waals surface area contributed by atoms with E-state index in [1.165, 1.54) is 154 Å². The fourth-order valence-corrected chi connectivity index (χ4v) is 6.22. The molecule has 0 unspecified atom stereocenters. The predicted molar refractivity (Wildman–Crippen MR) is 179 cm³/mol. The highest BCUT2D eigenvalue weighted by atomic mass is 16.6. The highest BCUT2D eigenvalue weighted by Gasteiger charge is 2.53. The fourth-order valence-electron chi connectivity index (χ4n) is 6.22. The second-order valence-electron chi connectivity index (χ2n) is 13.4. The van der Waals surface area contributed by atoms with Gasteiger partial charge in [0.1, 0.15) is 0 Å². The molecule has 1 saturated carbocycles. The minimum Gasteiger partial charge on any atom is -0.465 e. The molecule has 0 aliphatic heterocycles. The quantitative estimate of drug-likeness (QED) is 0.0443. The number of rotatable bonds is 32. The Morgan fingerprint density at radius 3 is 0.857 bits per heavy atom. The van der Waals surface area contributed by atoms with Crippen LogP contribution < -0.4 is 0 Å². The fraction of sp³-hybridized carbons (Fsp3) is 0.947. The molecule has 42 heavy (non-hydrogen) atoms. The van der Waals surface area contributed by atoms with Crippen LogP contribution in [-0.4, -0.2) is 25.2 Å². The van der Waals surface area contributed by atoms with Crippen molar-refractivity contribution in [2.75, 3.05) is 13.2 Å². The van der Waals surface area contributed by atoms with E-state index in [9.17, 15) is 9.59 Å². The SMILES string of the molecule is CCCCCCCCCCCCCCCCOC(=O)C1(C(=O)OCCCCCCCCCCCCCCCC)CCC1. The first-order chi connectivity index (χ1) is 20.7. The molecule has 248 valence electrons. The van der Waals surface area contributed by atoms with Gasteiger partial charge in [0.25, 0.3) is 0 Å². The van der Waals surface area contributed by atoms with Crippen molar-refractivity contribution in [3.05, 3.63) is 0 Å². The summed E-state index contributed by atoms with van der Waals surface area (Å²) in [5.41, 5.74) is -1.01. The van der Waals surface area contributed by atoms with Gasteiger partial charge in [-0.3, -0.25) is 9.59 Å². The van der Waals surface area contributed by atoms with Gasteiger partial charge in [-0.2, -0.15) is 0 Å². The lowest BCUT2D eigenvalue weighted by atomic mass is 9.69. The average molecular weight is 593 g/mol. The van der Waals surface area contributed by atoms with Crippen molar-refractivity contribution < 1.29 is 19.1 Å². The van der Waals surface area contributed by atoms with Crippen molar-refractivity contribution in [1.82, 2.24) is 0 Å². The molecule has 1 fully saturated rings. The Bertz CT molecular complexity index is 564. The largest absolute Gasteiger partial charge is 0.465 e. The average Bonchev–Trinajstić information content (AvgIpc) is 2.96. The number of carbonyl (C=O) groups is 2. The van der Waals surface area contributed by atoms with Crippen LogP contribution in [0, 0.1) is 5.41 Å². The van der Waals surface area contributed by atoms with Crippen LogP contribution in [0.15, 0.2) is 0 Å². The smallest absolute Gasteiger partial charge is 0.323 e. The molecule has 4 nitrogen and oxygen atoms in total. The van der Waals surface area contributed by atoms with Crippen LogP contribution in [0.5, 0.6) is 0 Å². The first kappa shape index (κ1) is 39.0. The molecule has 0 radical (unpaired) electrons. The van der Waals surface area contributed by atoms with Gasteiger partial charge in [0.2, 0.25) is 0 Å². The molecule has 0 aromatic rings. The highest BCUT2D eigenvalue weighted by Crippen LogP contribution is 2.43. The molecule has 0 N–H and O–H groups in total. The van der Waals surface area contributed by atoms with Crippen molar-refractivity contribution in [3.8, 4) is 0 Å². The normalized spacial score (nSPS) is 14.0. The Hall–Kier alpha value is -1.06. The van der Waals surface area contributed by atoms with Gasteiger partial charge in [-0.25, -0.2) is 0 Å². The zero-order valence-corrected chi connectivity index (χ0v) is 28.5. The topological polar surface area (TPSA) is 52.6 Å². The third kappa shape index (κ3) is 20.0. The molecular formula is C38H72O4. The van der Waals surface area contributed by atoms with Crippen LogP contribution in [0.3, 0.4) is 0 Å². The van der Waals surface area contributed by atoms with Crippen molar-refractivity contribution >= 4 is 11.9 Å². The van der Waals surface area contributed by atoms with Gasteiger partial charge >= 0.3 is 11.9 Å². The highest BCUT2D eigenvalue weighted by molar-refractivity contribution is 6.01. The number of esters is 2. The lowest BCUT2D eigenvalue weighted by Gasteiger charge is -2.36. The second-order valence-corrected chi connectivity index (χ2v) is 13.4. The maximum Gasteiger partial charge on any atom is 0.323 e. The lowest BCUT2D eigenvalue weighted by molar-refractivity contribution is -0.179. The summed E-state index contributed by atoms with van der Waals surface area (Å²) in [5.74, 6) is -0.677. The van der Waals surface area contributed by atoms with Gasteiger partial charge in [-0.1, -0.05) is 181 Å². The molecule has 0 bridgehead atoms. The Balaban J connectivity index is 1.93. The summed E-state index contributed by atoms with van der Waals surface area (Å²) in [4.78, 5) is 25.5. The number of ether oxygens (including phenoxy) is 2. The third-order valence-corrected chi connectivity index (χ3v) is 9.45. The molecule has 1 aliphatic rings. The van der Waals surface area contributed by atoms with Crippen LogP contribution in [0.1, 0.15) is 213 Å². The van der Waals surface area contributed by atoms with Gasteiger partial charge in [0, 0.05) is 0 Å². The van der Waals surface area contributed by atoms with Gasteiger partial charge in [-0.05, 0) is 32.1 Å². The first-order valence-corrected chi connectivity index (χ1v) is 19.0. The summed E-state index contributed by atoms with van der Waals surface area (Å²) in [5, 5.41) is 0. The molecule has 0 amide bonds. The van der Waals surface area contributed by atoms with E-state index < -0.39 is 5.41 Å². The first-order valence-electron chi connectivity index (χ1n) is 19.0. The molecule has 1 rings (SSSR count). The lowest BCUT2D eigenvalue weighted by Crippen LogP contribution is -2.47. The van der Waals surface area contributed by atoms with Crippen LogP contribution in [0.2, 0.25) is 0 Å². The molecule has 0 aromatic carbocycles. The number of hydrogen-bond donors (Lipinski definition) is 0. The van der Waals surface area contributed by atoms with Gasteiger partial charge in [0.05, 0.1) is 13.2 Å². The maximum atomic E-state index is 12.8. The molecule has 0 heterocycles. The van der Waals surface area contributed by atoms with Crippen molar-refractivity contribution in [1.29, 1.82) is 0 Å². The zero-order chi connectivity index (χ0) is 30.4. The molecule has 0 spiro atoms. The summed E-state index contributed by atoms with van der Waals surface area (Å²) in [6.07, 6.45) is 38.7. The Kier molecular flexibility index (Phi) is 26.6. The van der Waals surface area contributed by atoms with E-state index in [4.69, 9.17) is 9.47 Å². The molecule has 0 saturated heterocycles. The number of carbonyl (C=O) groups excluding carboxylic acids is 2. The predicted octanol–water partition coefficient (Wildman–Crippen LogP) is 12.2. The summed E-state index contributed by atoms with van der Waals surface area (Å²) < 4.78 is 11.1. The summed E-state index contributed by atoms with van der Waals surface area (Å²) in [7, 11) is 0. The van der Waals surface area contributed by atoms with E-state index in [0.29, 0.717) is 26.1 Å². The summed E-state index contributed by atoms with van der Waals surface area (Å²) >= 11 is 0. The van der Waals surface area contributed by atoms with E-state index in [1.54, 1.807) is 0 Å². The van der Waals surface area contributed by atoms with Crippen LogP contribution in [0.25, 0.3) is 0 Å². The standard InChI is InChI=1S/C38H72O4/c1-3-5-7-9-11-13-15-17-19-21-23-25-27-29-34-41-36(39)38(32-31-33-38)37(40)42-35-30-28-26-24-22-20-18-16-14-12-10-8-6-4-2/h3-35H2,1-2H3. The Morgan fingerprint density at radius 2 is 0.643 bits per heavy atom. The molecule has 0 atom stereocenters. The summed E-state index contributed by atoms with van der Waals surface area (Å²) in [6, 6.07) is 0. The minimum absolute atomic E-state index is 0.339. The Labute approximate surface area is 262 Å². The third-order valence-electron chi connectivity index (χ3n) is 9.45. The van der Waals surface area contributed by atoms with Crippen LogP contribution >= 0.6 is 0 Å². The van der Waals surface area contributed by atoms with E-state index in [1.807, 2.05) is 0 Å². The number of unbranched alkanes of at least 4 members (excludes halogenated alkanes) is 26. The molecule has 0 aromatic heterocycles. The van der Waals surface area contributed by atoms with Gasteiger partial charge in [-0.15, -0.1) is 0 Å². The number of hydrogen-bond acceptors (Lipinski definition) is 4. The Morgan fingerprint density at radius 1 is 0.405 bits per heavy atom. The van der Waals surface area contributed by atoms with Crippen LogP contribution in [-0.2, 0) is 19.1 Å². The van der Waals surface area contributed by atoms with Gasteiger partial charge in [0.15, 0.2) is 5.41 Å². The van der Waals surface area contributed by atoms with Crippen molar-refractivity contribution in [2.24, 2.45) is 5.41 Å². The van der Waals surface area contributed by atoms with E-state index >= 15 is 0 Å². The summed E-state index contributed by atoms with van der Waals surface area (Å²) in [6.45, 7) is 5.42. The molecular weight excluding hydrogens is 520 g/mol. The van der Waals surface area contributed by atoms with E-state index in [2.05, 4.69) is 13.8 Å². The van der Waals surface area contributed by atoms with E-state index in [-0.39, 0.29) is 11.9 Å². The van der Waals surface area contributed by atoms with Crippen molar-refractivity contribution in [3.63, 3.8) is 0 Å². The second kappa shape index (κ2) is 28.7. The minimum atomic E-state index is -1.01. The van der Waals surface area contributed by atoms with Crippen molar-refractivity contribution in [2.45, 2.75) is 213 Å². The molecule has 4 heteroatoms. The maximum absolute atomic E-state index is 12.8. The van der Waals surface area contributed by atoms with Crippen LogP contribution in [0.4, 0.5) is 0 Å².